The standard InChI is InChI=1S/C36H28Cl2N4O7S3/c37-27-15-25(16-28(38)39-27)51-20-29(44)40-30-33(45)42-31(36(48)49-32(21-7-3-1-4-8-21)22-9-5-2-6-10-22)23(19-52-34(30)42)18-50-24-11-13-41(14-12-24)17-26(43)35(46)47/h1-16,30,32,34H,17-20H2,(H-,40,44,46,47)/p+1/t30-,34-/m1/s1. The fraction of sp³-hybridized carbons (Fsp3) is 0.194. The van der Waals surface area contributed by atoms with Crippen molar-refractivity contribution in [2.75, 3.05) is 17.3 Å². The Kier molecular flexibility index (Phi) is 12.2. The Bertz CT molecular complexity index is 1980. The Labute approximate surface area is 321 Å². The summed E-state index contributed by atoms with van der Waals surface area (Å²) in [5, 5.41) is 11.6. The number of carboxylic acids is 1. The maximum atomic E-state index is 14.3. The Hall–Kier alpha value is -4.34. The lowest BCUT2D eigenvalue weighted by molar-refractivity contribution is -0.684. The third-order valence-corrected chi connectivity index (χ3v) is 11.7. The molecule has 2 aromatic heterocycles. The summed E-state index contributed by atoms with van der Waals surface area (Å²) in [7, 11) is 0. The minimum Gasteiger partial charge on any atom is -0.475 e. The number of nitrogens with one attached hydrogen (secondary N) is 1. The highest BCUT2D eigenvalue weighted by atomic mass is 35.5. The number of pyridine rings is 2. The van der Waals surface area contributed by atoms with Crippen molar-refractivity contribution < 1.29 is 38.4 Å². The lowest BCUT2D eigenvalue weighted by Gasteiger charge is -2.49. The number of fused-ring (bicyclic) bond motifs is 1. The Morgan fingerprint density at radius 1 is 0.942 bits per heavy atom. The fourth-order valence-corrected chi connectivity index (χ4v) is 9.20. The van der Waals surface area contributed by atoms with Gasteiger partial charge in [0.15, 0.2) is 18.5 Å². The largest absolute Gasteiger partial charge is 0.475 e. The number of β-lactam (4-membered cyclic amide) rings is 1. The van der Waals surface area contributed by atoms with Crippen molar-refractivity contribution in [2.45, 2.75) is 33.9 Å². The lowest BCUT2D eigenvalue weighted by Crippen LogP contribution is -2.70. The third-order valence-electron chi connectivity index (χ3n) is 7.93. The molecule has 266 valence electrons. The maximum absolute atomic E-state index is 14.3. The van der Waals surface area contributed by atoms with Gasteiger partial charge >= 0.3 is 17.7 Å². The SMILES string of the molecule is O=C(CSc1cc(Cl)nc(Cl)c1)N[C@@H]1C(=O)N2C(C(=O)OC(c3ccccc3)c3ccccc3)=C(CSc3cc[n+](CC(=O)C(=O)O)cc3)CS[C@H]12. The summed E-state index contributed by atoms with van der Waals surface area (Å²) in [6.45, 7) is -0.302. The van der Waals surface area contributed by atoms with Crippen LogP contribution in [0.25, 0.3) is 0 Å². The van der Waals surface area contributed by atoms with Crippen LogP contribution >= 0.6 is 58.5 Å². The van der Waals surface area contributed by atoms with E-state index in [0.29, 0.717) is 22.0 Å². The number of aliphatic carboxylic acids is 1. The second-order valence-corrected chi connectivity index (χ2v) is 15.5. The summed E-state index contributed by atoms with van der Waals surface area (Å²) in [4.78, 5) is 70.3. The summed E-state index contributed by atoms with van der Waals surface area (Å²) < 4.78 is 7.69. The number of Topliss-reactive ketones (excluding diaryl/α,β-unsaturated/α-hetero) is 1. The minimum absolute atomic E-state index is 0.00183. The van der Waals surface area contributed by atoms with E-state index >= 15 is 0 Å². The molecular weight excluding hydrogens is 768 g/mol. The molecule has 2 aliphatic rings. The molecule has 2 aromatic carbocycles. The van der Waals surface area contributed by atoms with Crippen molar-refractivity contribution in [3.63, 3.8) is 0 Å². The molecule has 2 atom stereocenters. The van der Waals surface area contributed by atoms with Crippen LogP contribution in [0, 0.1) is 0 Å². The van der Waals surface area contributed by atoms with Crippen LogP contribution in [0.3, 0.4) is 0 Å². The molecule has 2 N–H and O–H groups in total. The van der Waals surface area contributed by atoms with E-state index in [1.165, 1.54) is 44.8 Å². The number of amides is 2. The number of carbonyl (C=O) groups is 5. The first-order valence-electron chi connectivity index (χ1n) is 15.7. The second-order valence-electron chi connectivity index (χ2n) is 11.5. The third kappa shape index (κ3) is 8.99. The molecule has 2 aliphatic heterocycles. The topological polar surface area (TPSA) is 147 Å². The van der Waals surface area contributed by atoms with E-state index in [4.69, 9.17) is 33.0 Å². The van der Waals surface area contributed by atoms with Gasteiger partial charge < -0.3 is 15.2 Å². The molecule has 16 heteroatoms. The van der Waals surface area contributed by atoms with Crippen LogP contribution in [0.1, 0.15) is 17.2 Å². The predicted octanol–water partition coefficient (Wildman–Crippen LogP) is 5.20. The van der Waals surface area contributed by atoms with Gasteiger partial charge in [0.2, 0.25) is 12.5 Å². The predicted molar refractivity (Wildman–Crippen MR) is 198 cm³/mol. The van der Waals surface area contributed by atoms with E-state index in [0.717, 1.165) is 16.0 Å². The molecule has 1 fully saturated rings. The number of esters is 1. The first-order valence-corrected chi connectivity index (χ1v) is 19.5. The number of hydrogen-bond acceptors (Lipinski definition) is 10. The lowest BCUT2D eigenvalue weighted by atomic mass is 10.0. The number of carboxylic acid groups (broad SMARTS) is 1. The van der Waals surface area contributed by atoms with E-state index in [-0.39, 0.29) is 34.2 Å². The summed E-state index contributed by atoms with van der Waals surface area (Å²) in [6.07, 6.45) is 2.46. The van der Waals surface area contributed by atoms with Gasteiger partial charge in [-0.05, 0) is 28.8 Å². The highest BCUT2D eigenvalue weighted by Crippen LogP contribution is 2.43. The van der Waals surface area contributed by atoms with Gasteiger partial charge in [-0.3, -0.25) is 19.3 Å². The molecule has 4 aromatic rings. The summed E-state index contributed by atoms with van der Waals surface area (Å²) in [5.74, 6) is -3.19. The van der Waals surface area contributed by atoms with Crippen LogP contribution in [0.4, 0.5) is 0 Å². The van der Waals surface area contributed by atoms with Crippen LogP contribution in [0.5, 0.6) is 0 Å². The minimum atomic E-state index is -1.51. The first kappa shape index (κ1) is 37.4. The Morgan fingerprint density at radius 3 is 2.15 bits per heavy atom. The molecular formula is C36H29Cl2N4O7S3+. The molecule has 52 heavy (non-hydrogen) atoms. The highest BCUT2D eigenvalue weighted by Gasteiger charge is 2.54. The van der Waals surface area contributed by atoms with E-state index in [2.05, 4.69) is 10.3 Å². The smallest absolute Gasteiger partial charge is 0.379 e. The average Bonchev–Trinajstić information content (AvgIpc) is 3.14. The van der Waals surface area contributed by atoms with Gasteiger partial charge in [-0.1, -0.05) is 83.9 Å². The van der Waals surface area contributed by atoms with Crippen LogP contribution in [0.2, 0.25) is 10.3 Å². The van der Waals surface area contributed by atoms with Crippen LogP contribution in [-0.4, -0.2) is 73.2 Å². The van der Waals surface area contributed by atoms with Gasteiger partial charge in [0.25, 0.3) is 5.91 Å². The quantitative estimate of drug-likeness (QED) is 0.0434. The number of nitrogens with zero attached hydrogens (tertiary/aromatic N) is 3. The number of benzene rings is 2. The van der Waals surface area contributed by atoms with Crippen molar-refractivity contribution in [1.29, 1.82) is 0 Å². The molecule has 0 radical (unpaired) electrons. The van der Waals surface area contributed by atoms with Gasteiger partial charge in [-0.15, -0.1) is 35.3 Å². The Balaban J connectivity index is 1.22. The first-order chi connectivity index (χ1) is 25.1. The van der Waals surface area contributed by atoms with Crippen molar-refractivity contribution in [3.05, 3.63) is 130 Å². The molecule has 4 heterocycles. The monoisotopic (exact) mass is 795 g/mol. The van der Waals surface area contributed by atoms with Gasteiger partial charge in [0, 0.05) is 33.4 Å². The van der Waals surface area contributed by atoms with Gasteiger partial charge in [0.1, 0.15) is 27.4 Å². The zero-order chi connectivity index (χ0) is 36.8. The Morgan fingerprint density at radius 2 is 1.56 bits per heavy atom. The number of halogens is 2. The molecule has 6 rings (SSSR count). The van der Waals surface area contributed by atoms with E-state index in [9.17, 15) is 24.0 Å². The molecule has 0 spiro atoms. The molecule has 11 nitrogen and oxygen atoms in total. The fourth-order valence-electron chi connectivity index (χ4n) is 5.47. The van der Waals surface area contributed by atoms with Crippen molar-refractivity contribution in [3.8, 4) is 0 Å². The molecule has 0 aliphatic carbocycles. The molecule has 0 unspecified atom stereocenters. The highest BCUT2D eigenvalue weighted by molar-refractivity contribution is 8.01. The van der Waals surface area contributed by atoms with Crippen LogP contribution < -0.4 is 9.88 Å². The number of carbonyl (C=O) groups excluding carboxylic acids is 4. The van der Waals surface area contributed by atoms with E-state index < -0.39 is 41.1 Å². The van der Waals surface area contributed by atoms with Crippen molar-refractivity contribution >= 4 is 88.0 Å². The summed E-state index contributed by atoms with van der Waals surface area (Å²) in [5.41, 5.74) is 2.33. The normalized spacial score (nSPS) is 16.6. The van der Waals surface area contributed by atoms with E-state index in [1.54, 1.807) is 36.7 Å². The zero-order valence-electron chi connectivity index (χ0n) is 27.0. The zero-order valence-corrected chi connectivity index (χ0v) is 31.0. The summed E-state index contributed by atoms with van der Waals surface area (Å²) in [6, 6.07) is 24.5. The van der Waals surface area contributed by atoms with E-state index in [1.807, 2.05) is 60.7 Å². The number of ether oxygens (including phenoxy) is 1. The van der Waals surface area contributed by atoms with Crippen LogP contribution in [-0.2, 0) is 35.3 Å². The van der Waals surface area contributed by atoms with Gasteiger partial charge in [0.05, 0.1) is 5.75 Å². The van der Waals surface area contributed by atoms with Crippen molar-refractivity contribution in [2.24, 2.45) is 0 Å². The van der Waals surface area contributed by atoms with Crippen LogP contribution in [0.15, 0.2) is 118 Å². The average molecular weight is 797 g/mol. The van der Waals surface area contributed by atoms with Crippen molar-refractivity contribution in [1.82, 2.24) is 15.2 Å². The molecule has 0 saturated carbocycles. The number of aromatic nitrogens is 2. The maximum Gasteiger partial charge on any atom is 0.379 e. The number of ketones is 1. The van der Waals surface area contributed by atoms with Gasteiger partial charge in [-0.25, -0.2) is 14.6 Å². The number of hydrogen-bond donors (Lipinski definition) is 2. The van der Waals surface area contributed by atoms with Gasteiger partial charge in [-0.2, -0.15) is 4.57 Å². The summed E-state index contributed by atoms with van der Waals surface area (Å²) >= 11 is 16.0. The molecule has 0 bridgehead atoms. The second kappa shape index (κ2) is 17.0. The number of thioether (sulfide) groups is 3. The molecule has 1 saturated heterocycles. The molecule has 2 amide bonds. The number of rotatable bonds is 14.